The molecule has 1 aromatic rings. The van der Waals surface area contributed by atoms with E-state index < -0.39 is 0 Å². The van der Waals surface area contributed by atoms with E-state index >= 15 is 0 Å². The van der Waals surface area contributed by atoms with Gasteiger partial charge in [-0.3, -0.25) is 4.90 Å². The number of nitrogens with zero attached hydrogens (tertiary/aromatic N) is 2. The molecule has 138 valence electrons. The molecule has 1 N–H and O–H groups in total. The van der Waals surface area contributed by atoms with Crippen molar-refractivity contribution in [3.8, 4) is 11.5 Å². The molecule has 2 heterocycles. The van der Waals surface area contributed by atoms with Crippen molar-refractivity contribution in [2.75, 3.05) is 34.4 Å². The predicted octanol–water partition coefficient (Wildman–Crippen LogP) is 2.47. The van der Waals surface area contributed by atoms with Crippen LogP contribution in [-0.2, 0) is 6.54 Å². The molecular formula is C19H29N3O3. The molecule has 2 fully saturated rings. The summed E-state index contributed by atoms with van der Waals surface area (Å²) < 4.78 is 10.7. The maximum absolute atomic E-state index is 12.6. The molecule has 2 aliphatic heterocycles. The van der Waals surface area contributed by atoms with Crippen LogP contribution in [0, 0.1) is 0 Å². The van der Waals surface area contributed by atoms with Gasteiger partial charge in [0.1, 0.15) is 11.5 Å². The second-order valence-corrected chi connectivity index (χ2v) is 6.98. The number of urea groups is 1. The average Bonchev–Trinajstić information content (AvgIpc) is 3.05. The van der Waals surface area contributed by atoms with Crippen molar-refractivity contribution in [3.05, 3.63) is 23.8 Å². The summed E-state index contributed by atoms with van der Waals surface area (Å²) in [5, 5.41) is 3.24. The van der Waals surface area contributed by atoms with E-state index in [-0.39, 0.29) is 12.1 Å². The molecule has 0 spiro atoms. The van der Waals surface area contributed by atoms with Gasteiger partial charge in [-0.15, -0.1) is 0 Å². The molecule has 6 nitrogen and oxygen atoms in total. The molecular weight excluding hydrogens is 318 g/mol. The number of methoxy groups -OCH3 is 2. The first kappa shape index (κ1) is 17.9. The quantitative estimate of drug-likeness (QED) is 0.889. The van der Waals surface area contributed by atoms with Crippen LogP contribution in [0.25, 0.3) is 0 Å². The number of rotatable bonds is 5. The predicted molar refractivity (Wildman–Crippen MR) is 97.2 cm³/mol. The minimum Gasteiger partial charge on any atom is -0.497 e. The van der Waals surface area contributed by atoms with E-state index in [2.05, 4.69) is 10.2 Å². The summed E-state index contributed by atoms with van der Waals surface area (Å²) in [7, 11) is 5.09. The zero-order valence-electron chi connectivity index (χ0n) is 15.5. The number of benzene rings is 1. The number of carbonyl (C=O) groups excluding carboxylic acids is 1. The summed E-state index contributed by atoms with van der Waals surface area (Å²) in [6.07, 6.45) is 4.80. The fourth-order valence-corrected chi connectivity index (χ4v) is 3.99. The Balaban J connectivity index is 1.59. The van der Waals surface area contributed by atoms with Crippen molar-refractivity contribution in [2.24, 2.45) is 0 Å². The lowest BCUT2D eigenvalue weighted by Crippen LogP contribution is -2.49. The maximum Gasteiger partial charge on any atom is 0.317 e. The molecule has 1 aromatic carbocycles. The van der Waals surface area contributed by atoms with Crippen LogP contribution in [0.15, 0.2) is 18.2 Å². The monoisotopic (exact) mass is 347 g/mol. The number of hydrogen-bond acceptors (Lipinski definition) is 4. The molecule has 0 radical (unpaired) electrons. The first-order valence-electron chi connectivity index (χ1n) is 9.09. The van der Waals surface area contributed by atoms with Crippen LogP contribution in [-0.4, -0.2) is 62.3 Å². The Bertz CT molecular complexity index is 608. The minimum absolute atomic E-state index is 0.0182. The largest absolute Gasteiger partial charge is 0.497 e. The van der Waals surface area contributed by atoms with Gasteiger partial charge in [0.2, 0.25) is 0 Å². The van der Waals surface area contributed by atoms with Crippen LogP contribution in [0.2, 0.25) is 0 Å². The highest BCUT2D eigenvalue weighted by atomic mass is 16.5. The SMILES string of the molecule is COc1ccc(CN(C)C(=O)NC2CCN3CCCCC23)c(OC)c1. The number of hydrogen-bond donors (Lipinski definition) is 1. The molecule has 2 unspecified atom stereocenters. The van der Waals surface area contributed by atoms with E-state index in [0.29, 0.717) is 12.6 Å². The Kier molecular flexibility index (Phi) is 5.68. The Morgan fingerprint density at radius 2 is 2.08 bits per heavy atom. The summed E-state index contributed by atoms with van der Waals surface area (Å²) >= 11 is 0. The van der Waals surface area contributed by atoms with Gasteiger partial charge in [-0.05, 0) is 37.9 Å². The highest BCUT2D eigenvalue weighted by molar-refractivity contribution is 5.74. The smallest absolute Gasteiger partial charge is 0.317 e. The standard InChI is InChI=1S/C19H29N3O3/c1-21(13-14-7-8-15(24-2)12-18(14)25-3)19(23)20-16-9-11-22-10-5-4-6-17(16)22/h7-8,12,16-17H,4-6,9-11,13H2,1-3H3,(H,20,23). The fourth-order valence-electron chi connectivity index (χ4n) is 3.99. The Morgan fingerprint density at radius 3 is 2.84 bits per heavy atom. The van der Waals surface area contributed by atoms with Crippen molar-refractivity contribution in [3.63, 3.8) is 0 Å². The lowest BCUT2D eigenvalue weighted by molar-refractivity contribution is 0.170. The number of amides is 2. The highest BCUT2D eigenvalue weighted by Gasteiger charge is 2.36. The van der Waals surface area contributed by atoms with E-state index in [4.69, 9.17) is 9.47 Å². The second kappa shape index (κ2) is 7.95. The molecule has 2 amide bonds. The minimum atomic E-state index is -0.0182. The third kappa shape index (κ3) is 4.00. The second-order valence-electron chi connectivity index (χ2n) is 6.98. The van der Waals surface area contributed by atoms with Crippen LogP contribution in [0.4, 0.5) is 4.79 Å². The summed E-state index contributed by atoms with van der Waals surface area (Å²) in [6.45, 7) is 2.78. The summed E-state index contributed by atoms with van der Waals surface area (Å²) in [5.41, 5.74) is 0.965. The summed E-state index contributed by atoms with van der Waals surface area (Å²) in [4.78, 5) is 16.9. The fraction of sp³-hybridized carbons (Fsp3) is 0.632. The first-order valence-corrected chi connectivity index (χ1v) is 9.09. The third-order valence-corrected chi connectivity index (χ3v) is 5.41. The lowest BCUT2D eigenvalue weighted by atomic mass is 9.99. The van der Waals surface area contributed by atoms with Crippen molar-refractivity contribution in [2.45, 2.75) is 44.3 Å². The van der Waals surface area contributed by atoms with E-state index in [0.717, 1.165) is 30.0 Å². The summed E-state index contributed by atoms with van der Waals surface area (Å²) in [6, 6.07) is 6.45. The molecule has 2 saturated heterocycles. The van der Waals surface area contributed by atoms with Crippen molar-refractivity contribution in [1.82, 2.24) is 15.1 Å². The first-order chi connectivity index (χ1) is 12.1. The molecule has 3 rings (SSSR count). The van der Waals surface area contributed by atoms with E-state index in [1.54, 1.807) is 19.1 Å². The van der Waals surface area contributed by atoms with Gasteiger partial charge in [-0.25, -0.2) is 4.79 Å². The zero-order chi connectivity index (χ0) is 17.8. The number of ether oxygens (including phenoxy) is 2. The van der Waals surface area contributed by atoms with Crippen LogP contribution < -0.4 is 14.8 Å². The van der Waals surface area contributed by atoms with Crippen LogP contribution in [0.1, 0.15) is 31.2 Å². The van der Waals surface area contributed by atoms with E-state index in [1.807, 2.05) is 25.2 Å². The Morgan fingerprint density at radius 1 is 1.24 bits per heavy atom. The van der Waals surface area contributed by atoms with Crippen molar-refractivity contribution in [1.29, 1.82) is 0 Å². The molecule has 2 atom stereocenters. The Hall–Kier alpha value is -1.95. The maximum atomic E-state index is 12.6. The van der Waals surface area contributed by atoms with E-state index in [1.165, 1.54) is 25.8 Å². The number of piperidine rings is 1. The molecule has 2 aliphatic rings. The number of fused-ring (bicyclic) bond motifs is 1. The topological polar surface area (TPSA) is 54.0 Å². The van der Waals surface area contributed by atoms with Crippen molar-refractivity contribution >= 4 is 6.03 Å². The molecule has 0 aromatic heterocycles. The molecule has 0 bridgehead atoms. The summed E-state index contributed by atoms with van der Waals surface area (Å²) in [5.74, 6) is 1.48. The highest BCUT2D eigenvalue weighted by Crippen LogP contribution is 2.28. The van der Waals surface area contributed by atoms with Crippen molar-refractivity contribution < 1.29 is 14.3 Å². The van der Waals surface area contributed by atoms with Gasteiger partial charge in [-0.1, -0.05) is 6.42 Å². The zero-order valence-corrected chi connectivity index (χ0v) is 15.5. The van der Waals surface area contributed by atoms with Gasteiger partial charge < -0.3 is 19.7 Å². The molecule has 0 aliphatic carbocycles. The van der Waals surface area contributed by atoms with Crippen LogP contribution in [0.5, 0.6) is 11.5 Å². The van der Waals surface area contributed by atoms with Gasteiger partial charge in [0.15, 0.2) is 0 Å². The third-order valence-electron chi connectivity index (χ3n) is 5.41. The van der Waals surface area contributed by atoms with Gasteiger partial charge in [0.25, 0.3) is 0 Å². The molecule has 6 heteroatoms. The molecule has 0 saturated carbocycles. The van der Waals surface area contributed by atoms with E-state index in [9.17, 15) is 4.79 Å². The normalized spacial score (nSPS) is 23.0. The van der Waals surface area contributed by atoms with Gasteiger partial charge in [0.05, 0.1) is 20.8 Å². The Labute approximate surface area is 150 Å². The number of carbonyl (C=O) groups is 1. The molecule has 25 heavy (non-hydrogen) atoms. The van der Waals surface area contributed by atoms with Crippen LogP contribution >= 0.6 is 0 Å². The average molecular weight is 347 g/mol. The van der Waals surface area contributed by atoms with Gasteiger partial charge in [-0.2, -0.15) is 0 Å². The number of nitrogens with one attached hydrogen (secondary N) is 1. The van der Waals surface area contributed by atoms with Gasteiger partial charge >= 0.3 is 6.03 Å². The van der Waals surface area contributed by atoms with Gasteiger partial charge in [0, 0.05) is 37.3 Å². The lowest BCUT2D eigenvalue weighted by Gasteiger charge is -2.33. The van der Waals surface area contributed by atoms with Crippen LogP contribution in [0.3, 0.4) is 0 Å².